The molecule has 0 aromatic carbocycles. The average Bonchev–Trinajstić information content (AvgIpc) is 2.28. The highest BCUT2D eigenvalue weighted by molar-refractivity contribution is 5.96. The van der Waals surface area contributed by atoms with Crippen LogP contribution in [0.15, 0.2) is 0 Å². The van der Waals surface area contributed by atoms with E-state index >= 15 is 0 Å². The second-order valence-electron chi connectivity index (χ2n) is 4.97. The van der Waals surface area contributed by atoms with E-state index in [1.54, 1.807) is 19.0 Å². The second kappa shape index (κ2) is 6.00. The van der Waals surface area contributed by atoms with Crippen molar-refractivity contribution in [2.75, 3.05) is 27.2 Å². The molecule has 2 unspecified atom stereocenters. The van der Waals surface area contributed by atoms with Crippen LogP contribution in [0.25, 0.3) is 0 Å². The fourth-order valence-corrected chi connectivity index (χ4v) is 2.31. The first-order chi connectivity index (χ1) is 7.97. The number of hydrogen-bond donors (Lipinski definition) is 1. The van der Waals surface area contributed by atoms with Gasteiger partial charge in [-0.05, 0) is 18.8 Å². The molecule has 1 aliphatic rings. The third-order valence-electron chi connectivity index (χ3n) is 3.48. The summed E-state index contributed by atoms with van der Waals surface area (Å²) in [6.45, 7) is 3.32. The molecule has 98 valence electrons. The van der Waals surface area contributed by atoms with Crippen molar-refractivity contribution in [3.63, 3.8) is 0 Å². The zero-order valence-electron chi connectivity index (χ0n) is 11.0. The van der Waals surface area contributed by atoms with E-state index in [1.165, 1.54) is 4.90 Å². The van der Waals surface area contributed by atoms with Crippen LogP contribution >= 0.6 is 0 Å². The smallest absolute Gasteiger partial charge is 0.232 e. The lowest BCUT2D eigenvalue weighted by Gasteiger charge is -2.39. The van der Waals surface area contributed by atoms with Crippen LogP contribution in [0.2, 0.25) is 0 Å². The standard InChI is InChI=1S/C12H23N3O2/c1-9-5-4-6-15(10(9)8-13)12(17)7-11(16)14(2)3/h9-10H,4-8,13H2,1-3H3. The number of carbonyl (C=O) groups is 2. The summed E-state index contributed by atoms with van der Waals surface area (Å²) in [6.07, 6.45) is 2.06. The van der Waals surface area contributed by atoms with Crippen LogP contribution < -0.4 is 5.73 Å². The van der Waals surface area contributed by atoms with Crippen molar-refractivity contribution in [1.29, 1.82) is 0 Å². The first kappa shape index (κ1) is 14.0. The Kier molecular flexibility index (Phi) is 4.93. The molecule has 1 fully saturated rings. The molecule has 2 N–H and O–H groups in total. The van der Waals surface area contributed by atoms with E-state index in [0.29, 0.717) is 12.5 Å². The molecular weight excluding hydrogens is 218 g/mol. The fraction of sp³-hybridized carbons (Fsp3) is 0.833. The Labute approximate surface area is 103 Å². The SMILES string of the molecule is CC1CCCN(C(=O)CC(=O)N(C)C)C1CN. The predicted molar refractivity (Wildman–Crippen MR) is 66.3 cm³/mol. The van der Waals surface area contributed by atoms with Gasteiger partial charge in [-0.15, -0.1) is 0 Å². The number of piperidine rings is 1. The average molecular weight is 241 g/mol. The van der Waals surface area contributed by atoms with E-state index in [0.717, 1.165) is 19.4 Å². The van der Waals surface area contributed by atoms with Gasteiger partial charge in [-0.2, -0.15) is 0 Å². The number of nitrogens with zero attached hydrogens (tertiary/aromatic N) is 2. The molecule has 5 nitrogen and oxygen atoms in total. The van der Waals surface area contributed by atoms with Gasteiger partial charge in [0.15, 0.2) is 0 Å². The van der Waals surface area contributed by atoms with Crippen molar-refractivity contribution in [2.24, 2.45) is 11.7 Å². The predicted octanol–water partition coefficient (Wildman–Crippen LogP) is 0.0505. The Morgan fingerprint density at radius 1 is 1.41 bits per heavy atom. The third kappa shape index (κ3) is 3.43. The molecule has 5 heteroatoms. The molecule has 0 spiro atoms. The molecule has 1 heterocycles. The largest absolute Gasteiger partial charge is 0.348 e. The molecule has 0 aromatic rings. The van der Waals surface area contributed by atoms with Gasteiger partial charge >= 0.3 is 0 Å². The Balaban J connectivity index is 2.63. The van der Waals surface area contributed by atoms with Crippen molar-refractivity contribution >= 4 is 11.8 Å². The van der Waals surface area contributed by atoms with Crippen molar-refractivity contribution < 1.29 is 9.59 Å². The molecule has 2 amide bonds. The maximum atomic E-state index is 12.1. The van der Waals surface area contributed by atoms with E-state index in [2.05, 4.69) is 6.92 Å². The third-order valence-corrected chi connectivity index (χ3v) is 3.48. The zero-order valence-corrected chi connectivity index (χ0v) is 11.0. The van der Waals surface area contributed by atoms with Crippen molar-refractivity contribution in [1.82, 2.24) is 9.80 Å². The highest BCUT2D eigenvalue weighted by Crippen LogP contribution is 2.23. The number of amides is 2. The van der Waals surface area contributed by atoms with Gasteiger partial charge in [0.2, 0.25) is 11.8 Å². The van der Waals surface area contributed by atoms with E-state index in [4.69, 9.17) is 5.73 Å². The molecule has 1 aliphatic heterocycles. The number of rotatable bonds is 3. The van der Waals surface area contributed by atoms with Gasteiger partial charge in [-0.3, -0.25) is 9.59 Å². The maximum Gasteiger partial charge on any atom is 0.232 e. The van der Waals surface area contributed by atoms with E-state index in [1.807, 2.05) is 0 Å². The van der Waals surface area contributed by atoms with Crippen LogP contribution in [0.4, 0.5) is 0 Å². The minimum atomic E-state index is -0.149. The molecular formula is C12H23N3O2. The van der Waals surface area contributed by atoms with Gasteiger partial charge in [0.25, 0.3) is 0 Å². The van der Waals surface area contributed by atoms with Crippen LogP contribution in [0, 0.1) is 5.92 Å². The fourth-order valence-electron chi connectivity index (χ4n) is 2.31. The second-order valence-corrected chi connectivity index (χ2v) is 4.97. The summed E-state index contributed by atoms with van der Waals surface area (Å²) in [5.41, 5.74) is 5.72. The lowest BCUT2D eigenvalue weighted by Crippen LogP contribution is -2.52. The summed E-state index contributed by atoms with van der Waals surface area (Å²) in [7, 11) is 3.32. The van der Waals surface area contributed by atoms with Gasteiger partial charge < -0.3 is 15.5 Å². The van der Waals surface area contributed by atoms with Gasteiger partial charge in [0, 0.05) is 33.2 Å². The summed E-state index contributed by atoms with van der Waals surface area (Å²) in [5, 5.41) is 0. The molecule has 0 radical (unpaired) electrons. The van der Waals surface area contributed by atoms with Gasteiger partial charge in [0.05, 0.1) is 0 Å². The first-order valence-corrected chi connectivity index (χ1v) is 6.17. The summed E-state index contributed by atoms with van der Waals surface area (Å²) in [5.74, 6) is 0.182. The lowest BCUT2D eigenvalue weighted by molar-refractivity contribution is -0.142. The first-order valence-electron chi connectivity index (χ1n) is 6.17. The van der Waals surface area contributed by atoms with Crippen molar-refractivity contribution in [2.45, 2.75) is 32.2 Å². The van der Waals surface area contributed by atoms with E-state index in [9.17, 15) is 9.59 Å². The monoisotopic (exact) mass is 241 g/mol. The molecule has 1 saturated heterocycles. The zero-order chi connectivity index (χ0) is 13.0. The number of carbonyl (C=O) groups excluding carboxylic acids is 2. The summed E-state index contributed by atoms with van der Waals surface area (Å²) in [6, 6.07) is 0.0891. The van der Waals surface area contributed by atoms with Crippen LogP contribution in [0.1, 0.15) is 26.2 Å². The van der Waals surface area contributed by atoms with Crippen LogP contribution in [-0.4, -0.2) is 54.8 Å². The molecule has 17 heavy (non-hydrogen) atoms. The Hall–Kier alpha value is -1.10. The van der Waals surface area contributed by atoms with E-state index < -0.39 is 0 Å². The summed E-state index contributed by atoms with van der Waals surface area (Å²) in [4.78, 5) is 26.8. The molecule has 2 atom stereocenters. The topological polar surface area (TPSA) is 66.6 Å². The highest BCUT2D eigenvalue weighted by atomic mass is 16.2. The molecule has 0 aromatic heterocycles. The minimum Gasteiger partial charge on any atom is -0.348 e. The van der Waals surface area contributed by atoms with E-state index in [-0.39, 0.29) is 24.3 Å². The molecule has 0 saturated carbocycles. The normalized spacial score (nSPS) is 24.6. The van der Waals surface area contributed by atoms with Crippen LogP contribution in [0.5, 0.6) is 0 Å². The van der Waals surface area contributed by atoms with Crippen molar-refractivity contribution in [3.8, 4) is 0 Å². The van der Waals surface area contributed by atoms with Gasteiger partial charge in [0.1, 0.15) is 6.42 Å². The minimum absolute atomic E-state index is 0.0454. The summed E-state index contributed by atoms with van der Waals surface area (Å²) < 4.78 is 0. The Bertz CT molecular complexity index is 291. The molecule has 1 rings (SSSR count). The number of hydrogen-bond acceptors (Lipinski definition) is 3. The lowest BCUT2D eigenvalue weighted by atomic mass is 9.90. The van der Waals surface area contributed by atoms with Crippen LogP contribution in [0.3, 0.4) is 0 Å². The number of nitrogens with two attached hydrogens (primary N) is 1. The van der Waals surface area contributed by atoms with Gasteiger partial charge in [-0.25, -0.2) is 0 Å². The maximum absolute atomic E-state index is 12.1. The van der Waals surface area contributed by atoms with Crippen molar-refractivity contribution in [3.05, 3.63) is 0 Å². The van der Waals surface area contributed by atoms with Crippen LogP contribution in [-0.2, 0) is 9.59 Å². The quantitative estimate of drug-likeness (QED) is 0.710. The Morgan fingerprint density at radius 2 is 2.06 bits per heavy atom. The van der Waals surface area contributed by atoms with Gasteiger partial charge in [-0.1, -0.05) is 6.92 Å². The number of likely N-dealkylation sites (tertiary alicyclic amines) is 1. The summed E-state index contributed by atoms with van der Waals surface area (Å²) >= 11 is 0. The highest BCUT2D eigenvalue weighted by Gasteiger charge is 2.31. The Morgan fingerprint density at radius 3 is 2.59 bits per heavy atom. The molecule has 0 aliphatic carbocycles. The molecule has 0 bridgehead atoms.